The highest BCUT2D eigenvalue weighted by molar-refractivity contribution is 6.00. The Morgan fingerprint density at radius 1 is 1.13 bits per heavy atom. The van der Waals surface area contributed by atoms with Crippen LogP contribution in [0.2, 0.25) is 0 Å². The van der Waals surface area contributed by atoms with Crippen molar-refractivity contribution in [3.63, 3.8) is 0 Å². The molecule has 1 aliphatic rings. The second-order valence-corrected chi connectivity index (χ2v) is 9.33. The molecule has 1 N–H and O–H groups in total. The van der Waals surface area contributed by atoms with Gasteiger partial charge in [-0.3, -0.25) is 9.69 Å². The number of aromatic nitrogens is 3. The van der Waals surface area contributed by atoms with Gasteiger partial charge in [0, 0.05) is 49.4 Å². The summed E-state index contributed by atoms with van der Waals surface area (Å²) in [6, 6.07) is 9.16. The molecule has 3 heterocycles. The summed E-state index contributed by atoms with van der Waals surface area (Å²) in [5, 5.41) is 22.9. The number of rotatable bonds is 5. The number of nitriles is 1. The third kappa shape index (κ3) is 4.82. The van der Waals surface area contributed by atoms with Gasteiger partial charge in [0.25, 0.3) is 5.91 Å². The van der Waals surface area contributed by atoms with Gasteiger partial charge >= 0.3 is 0 Å². The molecule has 5 rings (SSSR count). The molecule has 2 aromatic heterocycles. The van der Waals surface area contributed by atoms with Gasteiger partial charge in [0.15, 0.2) is 28.8 Å². The van der Waals surface area contributed by atoms with Gasteiger partial charge in [-0.2, -0.15) is 10.4 Å². The molecule has 0 radical (unpaired) electrons. The fraction of sp³-hybridized carbons (Fsp3) is 0.259. The van der Waals surface area contributed by atoms with Crippen molar-refractivity contribution < 1.29 is 27.5 Å². The molecular weight excluding hydrogens is 516 g/mol. The normalized spacial score (nSPS) is 16.0. The molecule has 4 aromatic rings. The zero-order valence-electron chi connectivity index (χ0n) is 20.7. The fourth-order valence-corrected chi connectivity index (χ4v) is 4.78. The van der Waals surface area contributed by atoms with E-state index in [1.165, 1.54) is 6.20 Å². The number of benzene rings is 2. The molecule has 1 saturated heterocycles. The van der Waals surface area contributed by atoms with Crippen LogP contribution in [0.1, 0.15) is 34.1 Å². The maximum atomic E-state index is 15.2. The Hall–Kier alpha value is -4.34. The molecular formula is C27H22F4N6O2. The number of halogens is 4. The van der Waals surface area contributed by atoms with E-state index in [4.69, 9.17) is 0 Å². The number of hydrogen-bond acceptors (Lipinski definition) is 6. The molecule has 0 spiro atoms. The largest absolute Gasteiger partial charge is 0.392 e. The Morgan fingerprint density at radius 3 is 2.54 bits per heavy atom. The van der Waals surface area contributed by atoms with E-state index in [1.807, 2.05) is 0 Å². The molecule has 0 aliphatic carbocycles. The van der Waals surface area contributed by atoms with Gasteiger partial charge in [-0.05, 0) is 18.6 Å². The molecule has 0 saturated carbocycles. The number of aliphatic hydroxyl groups excluding tert-OH is 1. The van der Waals surface area contributed by atoms with Crippen LogP contribution in [0.15, 0.2) is 42.6 Å². The lowest BCUT2D eigenvalue weighted by Crippen LogP contribution is -2.53. The minimum absolute atomic E-state index is 0.00567. The van der Waals surface area contributed by atoms with Crippen molar-refractivity contribution in [2.24, 2.45) is 0 Å². The van der Waals surface area contributed by atoms with Crippen LogP contribution in [0.3, 0.4) is 0 Å². The molecule has 2 aromatic carbocycles. The molecule has 0 bridgehead atoms. The van der Waals surface area contributed by atoms with Crippen LogP contribution in [-0.4, -0.2) is 61.1 Å². The minimum atomic E-state index is -1.26. The van der Waals surface area contributed by atoms with Crippen LogP contribution in [0.4, 0.5) is 17.6 Å². The van der Waals surface area contributed by atoms with E-state index in [0.717, 1.165) is 10.6 Å². The summed E-state index contributed by atoms with van der Waals surface area (Å²) in [6.45, 7) is 2.38. The number of aliphatic hydroxyl groups is 1. The summed E-state index contributed by atoms with van der Waals surface area (Å²) in [5.74, 6) is -4.58. The Morgan fingerprint density at radius 2 is 1.87 bits per heavy atom. The minimum Gasteiger partial charge on any atom is -0.392 e. The average Bonchev–Trinajstić information content (AvgIpc) is 3.34. The first-order valence-corrected chi connectivity index (χ1v) is 12.1. The van der Waals surface area contributed by atoms with Crippen molar-refractivity contribution in [2.45, 2.75) is 26.1 Å². The molecule has 200 valence electrons. The molecule has 1 amide bonds. The first kappa shape index (κ1) is 26.3. The summed E-state index contributed by atoms with van der Waals surface area (Å²) in [5.41, 5.74) is 0.370. The van der Waals surface area contributed by atoms with Crippen LogP contribution in [-0.2, 0) is 13.2 Å². The van der Waals surface area contributed by atoms with Gasteiger partial charge in [0.05, 0.1) is 12.8 Å². The first-order chi connectivity index (χ1) is 18.7. The molecule has 1 aliphatic heterocycles. The van der Waals surface area contributed by atoms with Crippen molar-refractivity contribution >= 4 is 11.6 Å². The van der Waals surface area contributed by atoms with Crippen molar-refractivity contribution in [2.75, 3.05) is 19.6 Å². The third-order valence-electron chi connectivity index (χ3n) is 6.77. The Kier molecular flexibility index (Phi) is 7.03. The summed E-state index contributed by atoms with van der Waals surface area (Å²) in [4.78, 5) is 21.3. The zero-order valence-corrected chi connectivity index (χ0v) is 20.7. The van der Waals surface area contributed by atoms with E-state index >= 15 is 4.39 Å². The maximum absolute atomic E-state index is 15.2. The SMILES string of the molecule is C[C@@H]1CN(Cc2cc(F)cc(F)c2F)CCN1C(=O)c1cnn2c(C#N)c(F)c(-c3ccc(CO)cc3)nc12. The van der Waals surface area contributed by atoms with Gasteiger partial charge in [-0.15, -0.1) is 0 Å². The zero-order chi connectivity index (χ0) is 27.8. The Balaban J connectivity index is 1.42. The number of hydrogen-bond donors (Lipinski definition) is 1. The van der Waals surface area contributed by atoms with Gasteiger partial charge in [0.1, 0.15) is 23.1 Å². The predicted octanol–water partition coefficient (Wildman–Crippen LogP) is 3.66. The smallest absolute Gasteiger partial charge is 0.259 e. The highest BCUT2D eigenvalue weighted by Crippen LogP contribution is 2.27. The average molecular weight is 539 g/mol. The Labute approximate surface area is 220 Å². The van der Waals surface area contributed by atoms with Crippen LogP contribution >= 0.6 is 0 Å². The number of fused-ring (bicyclic) bond motifs is 1. The molecule has 8 nitrogen and oxygen atoms in total. The lowest BCUT2D eigenvalue weighted by molar-refractivity contribution is 0.0474. The standard InChI is InChI=1S/C27H22F4N6O2/c1-15-12-35(13-18-8-19(28)9-21(29)23(18)30)6-7-36(15)27(39)20-11-33-37-22(10-32)24(31)25(34-26(20)37)17-4-2-16(14-38)3-5-17/h2-5,8-9,11,15,38H,6-7,12-14H2,1H3/t15-/m1/s1. The maximum Gasteiger partial charge on any atom is 0.259 e. The van der Waals surface area contributed by atoms with Crippen molar-refractivity contribution in [3.05, 3.63) is 88.2 Å². The quantitative estimate of drug-likeness (QED) is 0.308. The topological polar surface area (TPSA) is 97.8 Å². The molecule has 39 heavy (non-hydrogen) atoms. The lowest BCUT2D eigenvalue weighted by atomic mass is 10.1. The van der Waals surface area contributed by atoms with E-state index in [0.29, 0.717) is 30.3 Å². The second kappa shape index (κ2) is 10.4. The summed E-state index contributed by atoms with van der Waals surface area (Å²) in [6.07, 6.45) is 1.23. The van der Waals surface area contributed by atoms with Gasteiger partial charge in [0.2, 0.25) is 0 Å². The van der Waals surface area contributed by atoms with Crippen molar-refractivity contribution in [1.82, 2.24) is 24.4 Å². The van der Waals surface area contributed by atoms with Crippen molar-refractivity contribution in [3.8, 4) is 17.3 Å². The van der Waals surface area contributed by atoms with E-state index in [-0.39, 0.29) is 48.2 Å². The summed E-state index contributed by atoms with van der Waals surface area (Å²) < 4.78 is 57.6. The van der Waals surface area contributed by atoms with E-state index < -0.39 is 34.9 Å². The lowest BCUT2D eigenvalue weighted by Gasteiger charge is -2.39. The summed E-state index contributed by atoms with van der Waals surface area (Å²) >= 11 is 0. The number of carbonyl (C=O) groups excluding carboxylic acids is 1. The highest BCUT2D eigenvalue weighted by Gasteiger charge is 2.32. The molecule has 0 unspecified atom stereocenters. The molecule has 1 fully saturated rings. The summed E-state index contributed by atoms with van der Waals surface area (Å²) in [7, 11) is 0. The number of nitrogens with zero attached hydrogens (tertiary/aromatic N) is 6. The van der Waals surface area contributed by atoms with E-state index in [9.17, 15) is 28.3 Å². The monoisotopic (exact) mass is 538 g/mol. The third-order valence-corrected chi connectivity index (χ3v) is 6.77. The van der Waals surface area contributed by atoms with Gasteiger partial charge in [-0.25, -0.2) is 27.1 Å². The predicted molar refractivity (Wildman–Crippen MR) is 131 cm³/mol. The van der Waals surface area contributed by atoms with Crippen molar-refractivity contribution in [1.29, 1.82) is 5.26 Å². The number of piperazine rings is 1. The van der Waals surface area contributed by atoms with Crippen LogP contribution in [0.5, 0.6) is 0 Å². The van der Waals surface area contributed by atoms with E-state index in [2.05, 4.69) is 10.1 Å². The van der Waals surface area contributed by atoms with Crippen LogP contribution in [0.25, 0.3) is 16.9 Å². The molecule has 12 heteroatoms. The van der Waals surface area contributed by atoms with Crippen LogP contribution < -0.4 is 0 Å². The Bertz CT molecular complexity index is 1620. The number of carbonyl (C=O) groups is 1. The second-order valence-electron chi connectivity index (χ2n) is 9.33. The van der Waals surface area contributed by atoms with Gasteiger partial charge < -0.3 is 10.0 Å². The first-order valence-electron chi connectivity index (χ1n) is 12.1. The molecule has 1 atom stereocenters. The highest BCUT2D eigenvalue weighted by atomic mass is 19.2. The van der Waals surface area contributed by atoms with Crippen LogP contribution in [0, 0.1) is 34.6 Å². The fourth-order valence-electron chi connectivity index (χ4n) is 4.78. The number of amides is 1. The van der Waals surface area contributed by atoms with E-state index in [1.54, 1.807) is 47.1 Å². The van der Waals surface area contributed by atoms with Gasteiger partial charge in [-0.1, -0.05) is 24.3 Å².